The minimum atomic E-state index is 0.000477. The fourth-order valence-electron chi connectivity index (χ4n) is 6.02. The first-order valence-electron chi connectivity index (χ1n) is 13.1. The highest BCUT2D eigenvalue weighted by atomic mass is 16.3. The van der Waals surface area contributed by atoms with E-state index >= 15 is 0 Å². The molecule has 2 aromatic carbocycles. The van der Waals surface area contributed by atoms with Crippen molar-refractivity contribution in [3.05, 3.63) is 59.7 Å². The van der Waals surface area contributed by atoms with Gasteiger partial charge in [-0.25, -0.2) is 0 Å². The number of rotatable bonds is 5. The van der Waals surface area contributed by atoms with Crippen LogP contribution >= 0.6 is 0 Å². The molecule has 2 aliphatic heterocycles. The Labute approximate surface area is 208 Å². The van der Waals surface area contributed by atoms with Crippen molar-refractivity contribution in [3.63, 3.8) is 0 Å². The SMILES string of the molecule is CN(C)C(=O)c1ccc(-c2ccc([C@H]3[C@@H](CO)N4CCCCN(C(=O)C5CCC5)C[C@@H]34)cc2)cc1. The highest BCUT2D eigenvalue weighted by Crippen LogP contribution is 2.43. The van der Waals surface area contributed by atoms with E-state index in [0.29, 0.717) is 11.5 Å². The topological polar surface area (TPSA) is 64.1 Å². The normalized spacial score (nSPS) is 25.0. The molecule has 0 radical (unpaired) electrons. The maximum absolute atomic E-state index is 13.1. The molecule has 0 bridgehead atoms. The van der Waals surface area contributed by atoms with Gasteiger partial charge in [0.1, 0.15) is 0 Å². The van der Waals surface area contributed by atoms with Gasteiger partial charge in [-0.2, -0.15) is 0 Å². The minimum absolute atomic E-state index is 0.000477. The Morgan fingerprint density at radius 2 is 1.54 bits per heavy atom. The van der Waals surface area contributed by atoms with Crippen LogP contribution in [-0.4, -0.2) is 84.0 Å². The van der Waals surface area contributed by atoms with Gasteiger partial charge in [-0.15, -0.1) is 0 Å². The molecule has 186 valence electrons. The Morgan fingerprint density at radius 3 is 2.11 bits per heavy atom. The summed E-state index contributed by atoms with van der Waals surface area (Å²) in [5, 5.41) is 10.2. The van der Waals surface area contributed by atoms with Crippen molar-refractivity contribution < 1.29 is 14.7 Å². The number of fused-ring (bicyclic) bond motifs is 1. The number of aliphatic hydroxyl groups excluding tert-OH is 1. The Hall–Kier alpha value is -2.70. The number of hydrogen-bond donors (Lipinski definition) is 1. The summed E-state index contributed by atoms with van der Waals surface area (Å²) in [7, 11) is 3.52. The Balaban J connectivity index is 1.33. The molecule has 0 unspecified atom stereocenters. The summed E-state index contributed by atoms with van der Waals surface area (Å²) in [5.74, 6) is 0.800. The van der Waals surface area contributed by atoms with Crippen LogP contribution in [0.1, 0.15) is 53.9 Å². The lowest BCUT2D eigenvalue weighted by atomic mass is 9.74. The molecule has 0 spiro atoms. The molecule has 2 amide bonds. The first kappa shape index (κ1) is 24.0. The number of carbonyl (C=O) groups excluding carboxylic acids is 2. The first-order chi connectivity index (χ1) is 17.0. The van der Waals surface area contributed by atoms with Gasteiger partial charge >= 0.3 is 0 Å². The fourth-order valence-corrected chi connectivity index (χ4v) is 6.02. The number of aliphatic hydroxyl groups is 1. The van der Waals surface area contributed by atoms with Crippen LogP contribution in [0.15, 0.2) is 48.5 Å². The molecule has 35 heavy (non-hydrogen) atoms. The lowest BCUT2D eigenvalue weighted by Crippen LogP contribution is -2.68. The van der Waals surface area contributed by atoms with E-state index in [2.05, 4.69) is 34.1 Å². The van der Waals surface area contributed by atoms with E-state index in [9.17, 15) is 14.7 Å². The quantitative estimate of drug-likeness (QED) is 0.718. The molecule has 3 atom stereocenters. The molecule has 2 heterocycles. The van der Waals surface area contributed by atoms with Crippen LogP contribution in [-0.2, 0) is 4.79 Å². The van der Waals surface area contributed by atoms with E-state index in [1.54, 1.807) is 19.0 Å². The monoisotopic (exact) mass is 475 g/mol. The highest BCUT2D eigenvalue weighted by Gasteiger charge is 2.49. The average Bonchev–Trinajstić information content (AvgIpc) is 2.82. The van der Waals surface area contributed by atoms with Gasteiger partial charge in [-0.05, 0) is 61.1 Å². The smallest absolute Gasteiger partial charge is 0.253 e. The van der Waals surface area contributed by atoms with Gasteiger partial charge < -0.3 is 14.9 Å². The van der Waals surface area contributed by atoms with Crippen LogP contribution in [0.5, 0.6) is 0 Å². The van der Waals surface area contributed by atoms with Crippen LogP contribution in [0.25, 0.3) is 11.1 Å². The fraction of sp³-hybridized carbons (Fsp3) is 0.517. The second kappa shape index (κ2) is 10.1. The number of amides is 2. The summed E-state index contributed by atoms with van der Waals surface area (Å²) in [6.45, 7) is 2.76. The van der Waals surface area contributed by atoms with Crippen molar-refractivity contribution in [1.29, 1.82) is 0 Å². The Morgan fingerprint density at radius 1 is 0.914 bits per heavy atom. The number of benzene rings is 2. The van der Waals surface area contributed by atoms with Crippen LogP contribution in [0.3, 0.4) is 0 Å². The third-order valence-corrected chi connectivity index (χ3v) is 8.30. The van der Waals surface area contributed by atoms with E-state index in [4.69, 9.17) is 0 Å². The van der Waals surface area contributed by atoms with E-state index in [0.717, 1.165) is 56.4 Å². The predicted octanol–water partition coefficient (Wildman–Crippen LogP) is 3.61. The van der Waals surface area contributed by atoms with Gasteiger partial charge in [0.05, 0.1) is 6.61 Å². The summed E-state index contributed by atoms with van der Waals surface area (Å²) in [4.78, 5) is 31.4. The molecule has 6 nitrogen and oxygen atoms in total. The molecule has 0 aromatic heterocycles. The third-order valence-electron chi connectivity index (χ3n) is 8.30. The summed E-state index contributed by atoms with van der Waals surface area (Å²) in [6, 6.07) is 16.7. The maximum atomic E-state index is 13.1. The highest BCUT2D eigenvalue weighted by molar-refractivity contribution is 5.94. The second-order valence-corrected chi connectivity index (χ2v) is 10.6. The summed E-state index contributed by atoms with van der Waals surface area (Å²) < 4.78 is 0. The van der Waals surface area contributed by atoms with E-state index in [1.807, 2.05) is 24.3 Å². The molecule has 2 saturated heterocycles. The lowest BCUT2D eigenvalue weighted by molar-refractivity contribution is -0.143. The van der Waals surface area contributed by atoms with Crippen molar-refractivity contribution >= 4 is 11.8 Å². The first-order valence-corrected chi connectivity index (χ1v) is 13.1. The summed E-state index contributed by atoms with van der Waals surface area (Å²) in [5.41, 5.74) is 4.09. The standard InChI is InChI=1S/C29H37N3O3/c1-30(2)28(34)24-14-10-21(11-15-24)20-8-12-22(13-9-20)27-25-18-31(29(35)23-6-5-7-23)16-3-4-17-32(25)26(27)19-33/h8-15,23,25-27,33H,3-7,16-19H2,1-2H3/t25-,26+,27+/m0/s1. The van der Waals surface area contributed by atoms with Crippen LogP contribution in [0.4, 0.5) is 0 Å². The maximum Gasteiger partial charge on any atom is 0.253 e. The predicted molar refractivity (Wildman–Crippen MR) is 137 cm³/mol. The van der Waals surface area contributed by atoms with Crippen molar-refractivity contribution in [3.8, 4) is 11.1 Å². The largest absolute Gasteiger partial charge is 0.395 e. The van der Waals surface area contributed by atoms with Gasteiger partial charge in [-0.1, -0.05) is 42.8 Å². The van der Waals surface area contributed by atoms with Crippen LogP contribution < -0.4 is 0 Å². The Kier molecular flexibility index (Phi) is 6.94. The molecule has 5 rings (SSSR count). The number of carbonyl (C=O) groups is 2. The van der Waals surface area contributed by atoms with Gasteiger partial charge in [0.25, 0.3) is 5.91 Å². The third kappa shape index (κ3) is 4.62. The second-order valence-electron chi connectivity index (χ2n) is 10.6. The molecular weight excluding hydrogens is 438 g/mol. The zero-order valence-electron chi connectivity index (χ0n) is 20.9. The number of hydrogen-bond acceptors (Lipinski definition) is 4. The molecule has 1 aliphatic carbocycles. The van der Waals surface area contributed by atoms with E-state index < -0.39 is 0 Å². The molecule has 1 saturated carbocycles. The van der Waals surface area contributed by atoms with E-state index in [1.165, 1.54) is 12.0 Å². The molecule has 2 aromatic rings. The van der Waals surface area contributed by atoms with Crippen molar-refractivity contribution in [2.24, 2.45) is 5.92 Å². The van der Waals surface area contributed by atoms with Crippen LogP contribution in [0, 0.1) is 5.92 Å². The van der Waals surface area contributed by atoms with Gasteiger partial charge in [0.2, 0.25) is 5.91 Å². The molecule has 3 aliphatic rings. The Bertz CT molecular complexity index is 1050. The minimum Gasteiger partial charge on any atom is -0.395 e. The lowest BCUT2D eigenvalue weighted by Gasteiger charge is -2.57. The molecule has 6 heteroatoms. The van der Waals surface area contributed by atoms with Gasteiger partial charge in [-0.3, -0.25) is 14.5 Å². The molecular formula is C29H37N3O3. The van der Waals surface area contributed by atoms with Crippen molar-refractivity contribution in [2.75, 3.05) is 40.3 Å². The zero-order valence-corrected chi connectivity index (χ0v) is 20.9. The molecule has 1 N–H and O–H groups in total. The molecule has 3 fully saturated rings. The van der Waals surface area contributed by atoms with Crippen LogP contribution in [0.2, 0.25) is 0 Å². The van der Waals surface area contributed by atoms with E-state index in [-0.39, 0.29) is 36.4 Å². The van der Waals surface area contributed by atoms with Crippen molar-refractivity contribution in [1.82, 2.24) is 14.7 Å². The zero-order chi connectivity index (χ0) is 24.5. The van der Waals surface area contributed by atoms with Crippen molar-refractivity contribution in [2.45, 2.75) is 50.1 Å². The summed E-state index contributed by atoms with van der Waals surface area (Å²) >= 11 is 0. The van der Waals surface area contributed by atoms with Gasteiger partial charge in [0, 0.05) is 56.7 Å². The van der Waals surface area contributed by atoms with Gasteiger partial charge in [0.15, 0.2) is 0 Å². The summed E-state index contributed by atoms with van der Waals surface area (Å²) in [6.07, 6.45) is 5.36. The number of nitrogens with zero attached hydrogens (tertiary/aromatic N) is 3. The average molecular weight is 476 g/mol.